The Balaban J connectivity index is 1.26. The first-order valence-corrected chi connectivity index (χ1v) is 20.3. The third kappa shape index (κ3) is 12.0. The van der Waals surface area contributed by atoms with Crippen molar-refractivity contribution in [2.75, 3.05) is 21.3 Å². The van der Waals surface area contributed by atoms with E-state index in [9.17, 15) is 28.8 Å². The molecule has 4 amide bonds. The average Bonchev–Trinajstić information content (AvgIpc) is 3.21. The highest BCUT2D eigenvalue weighted by molar-refractivity contribution is 6.42. The number of ketones is 2. The Morgan fingerprint density at radius 3 is 1.15 bits per heavy atom. The van der Waals surface area contributed by atoms with Gasteiger partial charge in [0.15, 0.2) is 11.6 Å². The molecule has 0 aliphatic carbocycles. The summed E-state index contributed by atoms with van der Waals surface area (Å²) in [5.74, 6) is -3.98. The first kappa shape index (κ1) is 47.3. The van der Waals surface area contributed by atoms with E-state index in [1.165, 1.54) is 72.8 Å². The van der Waals surface area contributed by atoms with Crippen LogP contribution in [0.25, 0.3) is 0 Å². The van der Waals surface area contributed by atoms with Crippen molar-refractivity contribution < 1.29 is 28.8 Å². The molecule has 62 heavy (non-hydrogen) atoms. The molecule has 0 aromatic heterocycles. The van der Waals surface area contributed by atoms with Gasteiger partial charge in [-0.1, -0.05) is 69.6 Å². The topological polar surface area (TPSA) is 200 Å². The highest BCUT2D eigenvalue weighted by atomic mass is 35.5. The van der Waals surface area contributed by atoms with E-state index in [2.05, 4.69) is 41.7 Å². The Morgan fingerprint density at radius 1 is 0.452 bits per heavy atom. The summed E-state index contributed by atoms with van der Waals surface area (Å²) in [5.41, 5.74) is 2.67. The smallest absolute Gasteiger partial charge is 0.258 e. The van der Waals surface area contributed by atoms with Gasteiger partial charge in [-0.15, -0.1) is 0 Å². The zero-order valence-corrected chi connectivity index (χ0v) is 37.3. The normalized spacial score (nSPS) is 12.2. The van der Waals surface area contributed by atoms with Crippen molar-refractivity contribution in [3.8, 4) is 0 Å². The third-order valence-electron chi connectivity index (χ3n) is 8.90. The van der Waals surface area contributed by atoms with Gasteiger partial charge in [0.25, 0.3) is 23.6 Å². The van der Waals surface area contributed by atoms with Crippen molar-refractivity contribution in [1.82, 2.24) is 0 Å². The van der Waals surface area contributed by atoms with Crippen LogP contribution in [0.4, 0.5) is 34.1 Å². The summed E-state index contributed by atoms with van der Waals surface area (Å²) >= 11 is 36.6. The number of hydrogen-bond donors (Lipinski definition) is 4. The van der Waals surface area contributed by atoms with Crippen LogP contribution < -0.4 is 21.3 Å². The Labute approximate surface area is 384 Å². The minimum Gasteiger partial charge on any atom is -0.324 e. The largest absolute Gasteiger partial charge is 0.324 e. The van der Waals surface area contributed by atoms with Gasteiger partial charge in [-0.3, -0.25) is 28.8 Å². The van der Waals surface area contributed by atoms with Crippen molar-refractivity contribution >= 4 is 139 Å². The molecule has 5 aromatic carbocycles. The second-order valence-corrected chi connectivity index (χ2v) is 15.8. The number of hydrogen-bond acceptors (Lipinski definition) is 10. The molecule has 0 heterocycles. The number of azo groups is 2. The number of Topliss-reactive ketones (excluding diaryl/α,β-unsaturated/α-hetero) is 2. The number of rotatable bonds is 14. The van der Waals surface area contributed by atoms with E-state index >= 15 is 0 Å². The van der Waals surface area contributed by atoms with Crippen molar-refractivity contribution in [3.63, 3.8) is 0 Å². The fraction of sp³-hybridized carbons (Fsp3) is 0.143. The molecule has 2 atom stereocenters. The molecule has 14 nitrogen and oxygen atoms in total. The van der Waals surface area contributed by atoms with E-state index in [0.29, 0.717) is 32.5 Å². The fourth-order valence-corrected chi connectivity index (χ4v) is 6.29. The summed E-state index contributed by atoms with van der Waals surface area (Å²) in [6.07, 6.45) is 0. The van der Waals surface area contributed by atoms with E-state index in [1.807, 2.05) is 0 Å². The van der Waals surface area contributed by atoms with Crippen LogP contribution in [0.2, 0.25) is 30.1 Å². The van der Waals surface area contributed by atoms with Gasteiger partial charge < -0.3 is 21.3 Å². The lowest BCUT2D eigenvalue weighted by atomic mass is 10.0. The van der Waals surface area contributed by atoms with Crippen LogP contribution in [0.15, 0.2) is 105 Å². The lowest BCUT2D eigenvalue weighted by molar-refractivity contribution is -0.127. The number of carbonyl (C=O) groups is 6. The van der Waals surface area contributed by atoms with E-state index in [0.717, 1.165) is 13.8 Å². The monoisotopic (exact) mass is 954 g/mol. The first-order valence-electron chi connectivity index (χ1n) is 18.0. The lowest BCUT2D eigenvalue weighted by Crippen LogP contribution is -2.33. The maximum absolute atomic E-state index is 13.4. The van der Waals surface area contributed by atoms with Gasteiger partial charge in [0.1, 0.15) is 11.4 Å². The quantitative estimate of drug-likeness (QED) is 0.0630. The van der Waals surface area contributed by atoms with Crippen molar-refractivity contribution in [1.29, 1.82) is 0 Å². The van der Waals surface area contributed by atoms with Gasteiger partial charge in [0, 0.05) is 33.9 Å². The third-order valence-corrected chi connectivity index (χ3v) is 11.0. The predicted octanol–water partition coefficient (Wildman–Crippen LogP) is 12.1. The van der Waals surface area contributed by atoms with E-state index < -0.39 is 47.3 Å². The number of nitrogens with zero attached hydrogens (tertiary/aromatic N) is 4. The minimum atomic E-state index is -1.60. The maximum atomic E-state index is 13.4. The van der Waals surface area contributed by atoms with E-state index in [1.54, 1.807) is 26.0 Å². The van der Waals surface area contributed by atoms with Crippen LogP contribution in [0.3, 0.4) is 0 Å². The molecular formula is C42H32Cl6N8O6. The van der Waals surface area contributed by atoms with Gasteiger partial charge in [0.2, 0.25) is 12.1 Å². The van der Waals surface area contributed by atoms with Gasteiger partial charge in [-0.2, -0.15) is 20.5 Å². The molecule has 5 rings (SSSR count). The molecule has 4 N–H and O–H groups in total. The summed E-state index contributed by atoms with van der Waals surface area (Å²) < 4.78 is 0. The molecular weight excluding hydrogens is 925 g/mol. The molecule has 0 radical (unpaired) electrons. The van der Waals surface area contributed by atoms with E-state index in [4.69, 9.17) is 69.6 Å². The summed E-state index contributed by atoms with van der Waals surface area (Å²) in [7, 11) is 0. The minimum absolute atomic E-state index is 0.0170. The Kier molecular flexibility index (Phi) is 15.9. The molecule has 0 saturated heterocycles. The Bertz CT molecular complexity index is 2530. The predicted molar refractivity (Wildman–Crippen MR) is 243 cm³/mol. The maximum Gasteiger partial charge on any atom is 0.258 e. The average molecular weight is 957 g/mol. The van der Waals surface area contributed by atoms with Crippen molar-refractivity contribution in [2.45, 2.75) is 39.8 Å². The molecule has 0 aliphatic rings. The molecule has 0 bridgehead atoms. The molecule has 5 aromatic rings. The van der Waals surface area contributed by atoms with Crippen LogP contribution in [0.5, 0.6) is 0 Å². The first-order chi connectivity index (χ1) is 29.3. The van der Waals surface area contributed by atoms with Gasteiger partial charge >= 0.3 is 0 Å². The van der Waals surface area contributed by atoms with Crippen LogP contribution in [-0.2, 0) is 19.2 Å². The molecule has 0 spiro atoms. The van der Waals surface area contributed by atoms with Crippen LogP contribution in [0.1, 0.15) is 45.7 Å². The highest BCUT2D eigenvalue weighted by Crippen LogP contribution is 2.32. The summed E-state index contributed by atoms with van der Waals surface area (Å²) in [5, 5.41) is 27.9. The number of carbonyl (C=O) groups excluding carboxylic acids is 6. The molecule has 0 saturated carbocycles. The number of halogens is 6. The molecule has 2 unspecified atom stereocenters. The summed E-state index contributed by atoms with van der Waals surface area (Å²) in [6.45, 7) is 5.64. The molecule has 0 aliphatic heterocycles. The standard InChI is InChI=1S/C42H32Cl6N8O6/c1-19-20(2)34(52-42(62)38(22(4)58)56-54-36-16-24(6-10-30(36)46)40(60)50-26-8-12-28(44)32(48)18-26)14-13-33(19)51-41(61)37(21(3)57)55-53-35-15-23(5-9-29(35)45)39(59)49-25-7-11-27(43)31(47)17-25/h5-18,37-38H,1-4H3,(H,49,59)(H,50,60)(H,51,61)(H,52,62). The number of amides is 4. The highest BCUT2D eigenvalue weighted by Gasteiger charge is 2.27. The lowest BCUT2D eigenvalue weighted by Gasteiger charge is -2.17. The Hall–Kier alpha value is -5.74. The fourth-order valence-electron chi connectivity index (χ4n) is 5.39. The van der Waals surface area contributed by atoms with Crippen LogP contribution >= 0.6 is 69.6 Å². The zero-order chi connectivity index (χ0) is 45.4. The number of benzene rings is 5. The zero-order valence-electron chi connectivity index (χ0n) is 32.7. The summed E-state index contributed by atoms with van der Waals surface area (Å²) in [4.78, 5) is 77.8. The number of anilines is 4. The van der Waals surface area contributed by atoms with Crippen molar-refractivity contribution in [2.24, 2.45) is 20.5 Å². The Morgan fingerprint density at radius 2 is 0.806 bits per heavy atom. The molecule has 20 heteroatoms. The van der Waals surface area contributed by atoms with Gasteiger partial charge in [0.05, 0.1) is 30.1 Å². The van der Waals surface area contributed by atoms with Gasteiger partial charge in [-0.05, 0) is 124 Å². The summed E-state index contributed by atoms with van der Waals surface area (Å²) in [6, 6.07) is 17.3. The van der Waals surface area contributed by atoms with Crippen LogP contribution in [0, 0.1) is 13.8 Å². The second kappa shape index (κ2) is 20.9. The second-order valence-electron chi connectivity index (χ2n) is 13.3. The number of nitrogens with one attached hydrogen (secondary N) is 4. The molecule has 318 valence electrons. The molecule has 0 fully saturated rings. The van der Waals surface area contributed by atoms with Gasteiger partial charge in [-0.25, -0.2) is 0 Å². The SMILES string of the molecule is CC(=O)C(N=Nc1cc(C(=O)Nc2ccc(Cl)c(Cl)c2)ccc1Cl)C(=O)Nc1ccc(NC(=O)C(N=Nc2cc(C(=O)Nc3ccc(Cl)c(Cl)c3)ccc2Cl)C(C)=O)c(C)c1C. The van der Waals surface area contributed by atoms with Crippen LogP contribution in [-0.4, -0.2) is 47.3 Å². The van der Waals surface area contributed by atoms with Crippen molar-refractivity contribution in [3.05, 3.63) is 137 Å². The van der Waals surface area contributed by atoms with E-state index in [-0.39, 0.29) is 54.0 Å².